The maximum atomic E-state index is 10.8. The van der Waals surface area contributed by atoms with Crippen LogP contribution in [0.15, 0.2) is 24.8 Å². The van der Waals surface area contributed by atoms with E-state index in [1.165, 1.54) is 19.2 Å². The summed E-state index contributed by atoms with van der Waals surface area (Å²) in [7, 11) is 1.37. The number of rotatable bonds is 4. The maximum Gasteiger partial charge on any atom is 0.335 e. The van der Waals surface area contributed by atoms with Gasteiger partial charge in [0.1, 0.15) is 0 Å². The standard InChI is InChI=1S/C11H12O4/c1-3-4-7-5-8(11(13)14)6-9(15-2)10(7)12/h3,5-6,12H,1,4H2,2H3,(H,13,14). The van der Waals surface area contributed by atoms with Crippen LogP contribution in [0.4, 0.5) is 0 Å². The van der Waals surface area contributed by atoms with Crippen molar-refractivity contribution in [3.63, 3.8) is 0 Å². The minimum atomic E-state index is -1.06. The van der Waals surface area contributed by atoms with Crippen molar-refractivity contribution in [2.75, 3.05) is 7.11 Å². The Hall–Kier alpha value is -1.97. The first kappa shape index (κ1) is 11.1. The molecule has 1 aromatic carbocycles. The first-order valence-electron chi connectivity index (χ1n) is 4.34. The number of phenols is 1. The molecule has 0 unspecified atom stereocenters. The Morgan fingerprint density at radius 3 is 2.73 bits per heavy atom. The highest BCUT2D eigenvalue weighted by Crippen LogP contribution is 2.31. The molecule has 0 aromatic heterocycles. The minimum absolute atomic E-state index is 0.0394. The van der Waals surface area contributed by atoms with Gasteiger partial charge in [-0.15, -0.1) is 6.58 Å². The largest absolute Gasteiger partial charge is 0.504 e. The lowest BCUT2D eigenvalue weighted by molar-refractivity contribution is 0.0696. The quantitative estimate of drug-likeness (QED) is 0.741. The molecule has 2 N–H and O–H groups in total. The van der Waals surface area contributed by atoms with E-state index in [0.29, 0.717) is 12.0 Å². The van der Waals surface area contributed by atoms with Crippen molar-refractivity contribution in [1.82, 2.24) is 0 Å². The Kier molecular flexibility index (Phi) is 3.33. The molecule has 4 nitrogen and oxygen atoms in total. The fourth-order valence-corrected chi connectivity index (χ4v) is 1.26. The van der Waals surface area contributed by atoms with Gasteiger partial charge in [-0.25, -0.2) is 4.79 Å². The Morgan fingerprint density at radius 2 is 2.27 bits per heavy atom. The van der Waals surface area contributed by atoms with Gasteiger partial charge < -0.3 is 14.9 Å². The van der Waals surface area contributed by atoms with E-state index in [0.717, 1.165) is 0 Å². The lowest BCUT2D eigenvalue weighted by Gasteiger charge is -2.08. The van der Waals surface area contributed by atoms with Crippen LogP contribution < -0.4 is 4.74 Å². The molecule has 0 atom stereocenters. The van der Waals surface area contributed by atoms with Crippen LogP contribution in [0.1, 0.15) is 15.9 Å². The maximum absolute atomic E-state index is 10.8. The van der Waals surface area contributed by atoms with Crippen LogP contribution in [0, 0.1) is 0 Å². The third-order valence-corrected chi connectivity index (χ3v) is 1.99. The molecule has 0 radical (unpaired) electrons. The average Bonchev–Trinajstić information content (AvgIpc) is 2.21. The van der Waals surface area contributed by atoms with E-state index in [9.17, 15) is 9.90 Å². The zero-order chi connectivity index (χ0) is 11.4. The molecule has 0 bridgehead atoms. The number of carboxylic acids is 1. The van der Waals surface area contributed by atoms with Gasteiger partial charge in [0.25, 0.3) is 0 Å². The first-order valence-corrected chi connectivity index (χ1v) is 4.34. The number of hydrogen-bond donors (Lipinski definition) is 2. The molecule has 0 aliphatic carbocycles. The fourth-order valence-electron chi connectivity index (χ4n) is 1.26. The van der Waals surface area contributed by atoms with Crippen LogP contribution in [-0.4, -0.2) is 23.3 Å². The van der Waals surface area contributed by atoms with Crippen LogP contribution in [0.2, 0.25) is 0 Å². The number of phenolic OH excluding ortho intramolecular Hbond substituents is 1. The molecular weight excluding hydrogens is 196 g/mol. The number of allylic oxidation sites excluding steroid dienone is 1. The smallest absolute Gasteiger partial charge is 0.335 e. The molecule has 0 aliphatic heterocycles. The number of benzene rings is 1. The summed E-state index contributed by atoms with van der Waals surface area (Å²) in [6.07, 6.45) is 1.98. The number of methoxy groups -OCH3 is 1. The number of hydrogen-bond acceptors (Lipinski definition) is 3. The molecule has 0 spiro atoms. The molecule has 1 aromatic rings. The Bertz CT molecular complexity index is 396. The van der Waals surface area contributed by atoms with Crippen molar-refractivity contribution < 1.29 is 19.7 Å². The molecule has 0 saturated carbocycles. The highest BCUT2D eigenvalue weighted by molar-refractivity contribution is 5.89. The number of aromatic hydroxyl groups is 1. The van der Waals surface area contributed by atoms with Gasteiger partial charge in [-0.05, 0) is 18.6 Å². The molecule has 1 rings (SSSR count). The summed E-state index contributed by atoms with van der Waals surface area (Å²) in [5.41, 5.74) is 0.572. The van der Waals surface area contributed by atoms with E-state index in [1.54, 1.807) is 6.08 Å². The summed E-state index contributed by atoms with van der Waals surface area (Å²) in [6.45, 7) is 3.53. The van der Waals surface area contributed by atoms with Crippen molar-refractivity contribution in [3.05, 3.63) is 35.9 Å². The van der Waals surface area contributed by atoms with Crippen LogP contribution in [0.25, 0.3) is 0 Å². The zero-order valence-corrected chi connectivity index (χ0v) is 8.36. The summed E-state index contributed by atoms with van der Waals surface area (Å²) < 4.78 is 4.88. The second-order valence-corrected chi connectivity index (χ2v) is 2.98. The predicted molar refractivity (Wildman–Crippen MR) is 55.5 cm³/mol. The normalized spacial score (nSPS) is 9.67. The van der Waals surface area contributed by atoms with Crippen LogP contribution in [-0.2, 0) is 6.42 Å². The van der Waals surface area contributed by atoms with Gasteiger partial charge in [0.15, 0.2) is 11.5 Å². The molecule has 0 aliphatic rings. The molecule has 0 heterocycles. The van der Waals surface area contributed by atoms with E-state index in [1.807, 2.05) is 0 Å². The number of ether oxygens (including phenoxy) is 1. The minimum Gasteiger partial charge on any atom is -0.504 e. The number of aromatic carboxylic acids is 1. The predicted octanol–water partition coefficient (Wildman–Crippen LogP) is 1.83. The summed E-state index contributed by atoms with van der Waals surface area (Å²) in [5, 5.41) is 18.5. The van der Waals surface area contributed by atoms with E-state index < -0.39 is 5.97 Å². The van der Waals surface area contributed by atoms with Gasteiger partial charge in [-0.3, -0.25) is 0 Å². The zero-order valence-electron chi connectivity index (χ0n) is 8.36. The Balaban J connectivity index is 3.30. The van der Waals surface area contributed by atoms with E-state index in [2.05, 4.69) is 6.58 Å². The van der Waals surface area contributed by atoms with Crippen molar-refractivity contribution in [2.24, 2.45) is 0 Å². The summed E-state index contributed by atoms with van der Waals surface area (Å²) in [6, 6.07) is 2.69. The Labute approximate surface area is 87.4 Å². The summed E-state index contributed by atoms with van der Waals surface area (Å²) in [4.78, 5) is 10.8. The topological polar surface area (TPSA) is 66.8 Å². The van der Waals surface area contributed by atoms with Crippen LogP contribution in [0.5, 0.6) is 11.5 Å². The van der Waals surface area contributed by atoms with Crippen molar-refractivity contribution in [3.8, 4) is 11.5 Å². The summed E-state index contributed by atoms with van der Waals surface area (Å²) >= 11 is 0. The van der Waals surface area contributed by atoms with Gasteiger partial charge >= 0.3 is 5.97 Å². The molecule has 0 saturated heterocycles. The molecular formula is C11H12O4. The third kappa shape index (κ3) is 2.28. The summed E-state index contributed by atoms with van der Waals surface area (Å²) in [5.74, 6) is -0.937. The molecule has 4 heteroatoms. The third-order valence-electron chi connectivity index (χ3n) is 1.99. The van der Waals surface area contributed by atoms with Crippen molar-refractivity contribution in [2.45, 2.75) is 6.42 Å². The van der Waals surface area contributed by atoms with Crippen LogP contribution in [0.3, 0.4) is 0 Å². The van der Waals surface area contributed by atoms with Crippen LogP contribution >= 0.6 is 0 Å². The number of carbonyl (C=O) groups is 1. The Morgan fingerprint density at radius 1 is 1.60 bits per heavy atom. The molecule has 0 fully saturated rings. The highest BCUT2D eigenvalue weighted by atomic mass is 16.5. The van der Waals surface area contributed by atoms with Gasteiger partial charge in [-0.2, -0.15) is 0 Å². The van der Waals surface area contributed by atoms with Gasteiger partial charge in [0.05, 0.1) is 12.7 Å². The molecule has 15 heavy (non-hydrogen) atoms. The SMILES string of the molecule is C=CCc1cc(C(=O)O)cc(OC)c1O. The average molecular weight is 208 g/mol. The van der Waals surface area contributed by atoms with Gasteiger partial charge in [-0.1, -0.05) is 6.08 Å². The second-order valence-electron chi connectivity index (χ2n) is 2.98. The van der Waals surface area contributed by atoms with Gasteiger partial charge in [0.2, 0.25) is 0 Å². The van der Waals surface area contributed by atoms with Gasteiger partial charge in [0, 0.05) is 5.56 Å². The first-order chi connectivity index (χ1) is 7.10. The lowest BCUT2D eigenvalue weighted by atomic mass is 10.1. The highest BCUT2D eigenvalue weighted by Gasteiger charge is 2.13. The van der Waals surface area contributed by atoms with Crippen molar-refractivity contribution in [1.29, 1.82) is 0 Å². The van der Waals surface area contributed by atoms with E-state index >= 15 is 0 Å². The van der Waals surface area contributed by atoms with Crippen molar-refractivity contribution >= 4 is 5.97 Å². The number of carboxylic acid groups (broad SMARTS) is 1. The monoisotopic (exact) mass is 208 g/mol. The van der Waals surface area contributed by atoms with E-state index in [-0.39, 0.29) is 17.1 Å². The molecule has 0 amide bonds. The van der Waals surface area contributed by atoms with E-state index in [4.69, 9.17) is 9.84 Å². The fraction of sp³-hybridized carbons (Fsp3) is 0.182. The molecule has 80 valence electrons. The second kappa shape index (κ2) is 4.50. The lowest BCUT2D eigenvalue weighted by Crippen LogP contribution is -1.99.